The highest BCUT2D eigenvalue weighted by Gasteiger charge is 2.08. The number of rotatable bonds is 1. The third-order valence-corrected chi connectivity index (χ3v) is 2.07. The van der Waals surface area contributed by atoms with Gasteiger partial charge in [-0.25, -0.2) is 4.39 Å². The fourth-order valence-corrected chi connectivity index (χ4v) is 1.45. The number of carbonyl (C=O) groups excluding carboxylic acids is 1. The molecule has 1 aromatic carbocycles. The van der Waals surface area contributed by atoms with Gasteiger partial charge in [0.15, 0.2) is 0 Å². The van der Waals surface area contributed by atoms with Crippen molar-refractivity contribution in [2.24, 2.45) is 0 Å². The number of halogens is 1. The standard InChI is InChI=1S/C11H9FN2O/c1-7(15)14-11-9-4-5-13-6-8(9)2-3-10(11)12/h2-6H,1H3,(H,14,15). The molecule has 0 saturated heterocycles. The molecular formula is C11H9FN2O. The second-order valence-corrected chi connectivity index (χ2v) is 3.20. The lowest BCUT2D eigenvalue weighted by Gasteiger charge is -2.07. The van der Waals surface area contributed by atoms with Crippen LogP contribution < -0.4 is 5.32 Å². The minimum atomic E-state index is -0.441. The number of fused-ring (bicyclic) bond motifs is 1. The van der Waals surface area contributed by atoms with Crippen molar-refractivity contribution in [1.82, 2.24) is 4.98 Å². The second kappa shape index (κ2) is 3.65. The maximum absolute atomic E-state index is 13.4. The van der Waals surface area contributed by atoms with E-state index in [9.17, 15) is 9.18 Å². The van der Waals surface area contributed by atoms with Gasteiger partial charge in [0.25, 0.3) is 0 Å². The smallest absolute Gasteiger partial charge is 0.221 e. The summed E-state index contributed by atoms with van der Waals surface area (Å²) in [4.78, 5) is 14.8. The van der Waals surface area contributed by atoms with Gasteiger partial charge in [-0.15, -0.1) is 0 Å². The summed E-state index contributed by atoms with van der Waals surface area (Å²) in [7, 11) is 0. The van der Waals surface area contributed by atoms with Crippen molar-refractivity contribution in [2.45, 2.75) is 6.92 Å². The van der Waals surface area contributed by atoms with Crippen molar-refractivity contribution in [1.29, 1.82) is 0 Å². The van der Waals surface area contributed by atoms with E-state index in [-0.39, 0.29) is 11.6 Å². The predicted molar refractivity (Wildman–Crippen MR) is 56.0 cm³/mol. The molecule has 0 fully saturated rings. The van der Waals surface area contributed by atoms with Crippen LogP contribution in [0.1, 0.15) is 6.92 Å². The van der Waals surface area contributed by atoms with E-state index in [1.165, 1.54) is 13.0 Å². The zero-order valence-electron chi connectivity index (χ0n) is 8.12. The molecule has 1 heterocycles. The Kier molecular flexibility index (Phi) is 2.33. The lowest BCUT2D eigenvalue weighted by molar-refractivity contribution is -0.114. The van der Waals surface area contributed by atoms with Crippen LogP contribution in [0, 0.1) is 5.82 Å². The average molecular weight is 204 g/mol. The summed E-state index contributed by atoms with van der Waals surface area (Å²) in [5.74, 6) is -0.734. The number of benzene rings is 1. The first-order valence-corrected chi connectivity index (χ1v) is 4.48. The highest BCUT2D eigenvalue weighted by molar-refractivity contribution is 6.01. The normalized spacial score (nSPS) is 10.3. The van der Waals surface area contributed by atoms with Gasteiger partial charge in [0.1, 0.15) is 5.82 Å². The third kappa shape index (κ3) is 1.79. The summed E-state index contributed by atoms with van der Waals surface area (Å²) in [6.45, 7) is 1.35. The van der Waals surface area contributed by atoms with Gasteiger partial charge in [-0.05, 0) is 18.2 Å². The van der Waals surface area contributed by atoms with Gasteiger partial charge in [-0.1, -0.05) is 0 Å². The van der Waals surface area contributed by atoms with Gasteiger partial charge in [0, 0.05) is 30.1 Å². The van der Waals surface area contributed by atoms with Crippen LogP contribution in [0.25, 0.3) is 10.8 Å². The topological polar surface area (TPSA) is 42.0 Å². The molecule has 0 radical (unpaired) electrons. The number of hydrogen-bond acceptors (Lipinski definition) is 2. The molecule has 0 aliphatic carbocycles. The van der Waals surface area contributed by atoms with Gasteiger partial charge < -0.3 is 5.32 Å². The van der Waals surface area contributed by atoms with E-state index in [4.69, 9.17) is 0 Å². The van der Waals surface area contributed by atoms with E-state index in [1.54, 1.807) is 24.5 Å². The summed E-state index contributed by atoms with van der Waals surface area (Å²) >= 11 is 0. The molecule has 1 N–H and O–H groups in total. The molecule has 0 bridgehead atoms. The molecule has 2 rings (SSSR count). The van der Waals surface area contributed by atoms with Crippen LogP contribution in [0.2, 0.25) is 0 Å². The second-order valence-electron chi connectivity index (χ2n) is 3.20. The van der Waals surface area contributed by atoms with E-state index < -0.39 is 5.82 Å². The first-order valence-electron chi connectivity index (χ1n) is 4.48. The SMILES string of the molecule is CC(=O)Nc1c(F)ccc2cnccc12. The quantitative estimate of drug-likeness (QED) is 0.774. The van der Waals surface area contributed by atoms with Gasteiger partial charge in [-0.3, -0.25) is 9.78 Å². The Morgan fingerprint density at radius 1 is 1.40 bits per heavy atom. The molecule has 0 saturated carbocycles. The Bertz CT molecular complexity index is 525. The van der Waals surface area contributed by atoms with E-state index in [2.05, 4.69) is 10.3 Å². The van der Waals surface area contributed by atoms with E-state index >= 15 is 0 Å². The first-order chi connectivity index (χ1) is 7.18. The number of pyridine rings is 1. The van der Waals surface area contributed by atoms with Crippen molar-refractivity contribution in [3.63, 3.8) is 0 Å². The van der Waals surface area contributed by atoms with Gasteiger partial charge in [0.2, 0.25) is 5.91 Å². The number of hydrogen-bond donors (Lipinski definition) is 1. The maximum atomic E-state index is 13.4. The minimum absolute atomic E-state index is 0.211. The van der Waals surface area contributed by atoms with Gasteiger partial charge >= 0.3 is 0 Å². The van der Waals surface area contributed by atoms with Crippen molar-refractivity contribution >= 4 is 22.4 Å². The van der Waals surface area contributed by atoms with Crippen LogP contribution in [0.3, 0.4) is 0 Å². The average Bonchev–Trinajstić information content (AvgIpc) is 2.22. The number of anilines is 1. The third-order valence-electron chi connectivity index (χ3n) is 2.07. The molecule has 15 heavy (non-hydrogen) atoms. The Hall–Kier alpha value is -1.97. The van der Waals surface area contributed by atoms with Crippen LogP contribution in [0.5, 0.6) is 0 Å². The molecule has 0 atom stereocenters. The zero-order chi connectivity index (χ0) is 10.8. The predicted octanol–water partition coefficient (Wildman–Crippen LogP) is 2.33. The van der Waals surface area contributed by atoms with Crippen LogP contribution in [-0.2, 0) is 4.79 Å². The van der Waals surface area contributed by atoms with Crippen LogP contribution in [-0.4, -0.2) is 10.9 Å². The zero-order valence-corrected chi connectivity index (χ0v) is 8.12. The molecule has 0 aliphatic heterocycles. The summed E-state index contributed by atoms with van der Waals surface area (Å²) in [5, 5.41) is 3.92. The highest BCUT2D eigenvalue weighted by atomic mass is 19.1. The van der Waals surface area contributed by atoms with Crippen molar-refractivity contribution in [3.8, 4) is 0 Å². The summed E-state index contributed by atoms with van der Waals surface area (Å²) in [6, 6.07) is 4.61. The molecular weight excluding hydrogens is 195 g/mol. The lowest BCUT2D eigenvalue weighted by Crippen LogP contribution is -2.08. The first kappa shape index (κ1) is 9.58. The van der Waals surface area contributed by atoms with Crippen molar-refractivity contribution < 1.29 is 9.18 Å². The fourth-order valence-electron chi connectivity index (χ4n) is 1.45. The molecule has 0 spiro atoms. The summed E-state index contributed by atoms with van der Waals surface area (Å²) < 4.78 is 13.4. The molecule has 0 unspecified atom stereocenters. The Morgan fingerprint density at radius 2 is 2.20 bits per heavy atom. The summed E-state index contributed by atoms with van der Waals surface area (Å²) in [6.07, 6.45) is 3.19. The monoisotopic (exact) mass is 204 g/mol. The highest BCUT2D eigenvalue weighted by Crippen LogP contribution is 2.25. The maximum Gasteiger partial charge on any atom is 0.221 e. The summed E-state index contributed by atoms with van der Waals surface area (Å²) in [5.41, 5.74) is 0.211. The molecule has 1 aromatic heterocycles. The number of amides is 1. The largest absolute Gasteiger partial charge is 0.323 e. The Balaban J connectivity index is 2.68. The number of nitrogens with one attached hydrogen (secondary N) is 1. The van der Waals surface area contributed by atoms with E-state index in [1.807, 2.05) is 0 Å². The Morgan fingerprint density at radius 3 is 2.93 bits per heavy atom. The van der Waals surface area contributed by atoms with Gasteiger partial charge in [0.05, 0.1) is 5.69 Å². The number of aromatic nitrogens is 1. The van der Waals surface area contributed by atoms with Crippen LogP contribution in [0.15, 0.2) is 30.6 Å². The number of carbonyl (C=O) groups is 1. The molecule has 2 aromatic rings. The van der Waals surface area contributed by atoms with Crippen molar-refractivity contribution in [2.75, 3.05) is 5.32 Å². The lowest BCUT2D eigenvalue weighted by atomic mass is 10.1. The molecule has 76 valence electrons. The molecule has 1 amide bonds. The van der Waals surface area contributed by atoms with E-state index in [0.717, 1.165) is 5.39 Å². The molecule has 3 nitrogen and oxygen atoms in total. The van der Waals surface area contributed by atoms with E-state index in [0.29, 0.717) is 5.39 Å². The molecule has 4 heteroatoms. The Labute approximate surface area is 85.9 Å². The fraction of sp³-hybridized carbons (Fsp3) is 0.0909. The number of nitrogens with zero attached hydrogens (tertiary/aromatic N) is 1. The van der Waals surface area contributed by atoms with Crippen LogP contribution >= 0.6 is 0 Å². The minimum Gasteiger partial charge on any atom is -0.323 e. The molecule has 0 aliphatic rings. The van der Waals surface area contributed by atoms with Gasteiger partial charge in [-0.2, -0.15) is 0 Å². The van der Waals surface area contributed by atoms with Crippen molar-refractivity contribution in [3.05, 3.63) is 36.4 Å². The van der Waals surface area contributed by atoms with Crippen LogP contribution in [0.4, 0.5) is 10.1 Å².